The van der Waals surface area contributed by atoms with Crippen LogP contribution >= 0.6 is 0 Å². The fourth-order valence-electron chi connectivity index (χ4n) is 3.32. The molecule has 2 heterocycles. The van der Waals surface area contributed by atoms with E-state index in [0.717, 1.165) is 18.7 Å². The molecule has 144 valence electrons. The third kappa shape index (κ3) is 5.74. The number of carbonyl (C=O) groups is 1. The molecule has 3 rings (SSSR count). The highest BCUT2D eigenvalue weighted by Crippen LogP contribution is 2.17. The average molecular weight is 369 g/mol. The first-order chi connectivity index (χ1) is 13.1. The number of nitrogen functional groups attached to an aromatic ring is 1. The van der Waals surface area contributed by atoms with Crippen LogP contribution in [0.25, 0.3) is 11.3 Å². The van der Waals surface area contributed by atoms with E-state index < -0.39 is 6.10 Å². The maximum atomic E-state index is 12.3. The minimum atomic E-state index is -0.560. The number of amides is 1. The van der Waals surface area contributed by atoms with Gasteiger partial charge in [-0.05, 0) is 44.1 Å². The van der Waals surface area contributed by atoms with E-state index in [2.05, 4.69) is 20.2 Å². The van der Waals surface area contributed by atoms with Crippen LogP contribution in [0.15, 0.2) is 36.5 Å². The number of hydrogen-bond donors (Lipinski definition) is 3. The molecule has 1 saturated heterocycles. The summed E-state index contributed by atoms with van der Waals surface area (Å²) in [6.45, 7) is 2.91. The van der Waals surface area contributed by atoms with Crippen molar-refractivity contribution >= 4 is 11.9 Å². The van der Waals surface area contributed by atoms with Gasteiger partial charge in [0.05, 0.1) is 11.8 Å². The van der Waals surface area contributed by atoms with Gasteiger partial charge in [-0.15, -0.1) is 0 Å². The molecule has 4 N–H and O–H groups in total. The first kappa shape index (κ1) is 19.3. The standard InChI is InChI=1S/C20H27N5O2/c21-20-22-10-9-18(24-20)15-5-7-16(8-6-15)19(27)23-13-17(26)14-25-11-3-1-2-4-12-25/h5-10,17,26H,1-4,11-14H2,(H,23,27)(H2,21,22,24)/t17-/m0/s1. The summed E-state index contributed by atoms with van der Waals surface area (Å²) in [5.74, 6) is 0.0198. The number of β-amino-alcohol motifs (C(OH)–C–C–N with tert-alkyl or cyclic N) is 1. The van der Waals surface area contributed by atoms with Crippen molar-refractivity contribution in [1.82, 2.24) is 20.2 Å². The second-order valence-corrected chi connectivity index (χ2v) is 6.96. The van der Waals surface area contributed by atoms with Crippen molar-refractivity contribution in [3.8, 4) is 11.3 Å². The minimum Gasteiger partial charge on any atom is -0.390 e. The van der Waals surface area contributed by atoms with Crippen LogP contribution in [-0.4, -0.2) is 58.2 Å². The van der Waals surface area contributed by atoms with Crippen LogP contribution in [0.5, 0.6) is 0 Å². The third-order valence-corrected chi connectivity index (χ3v) is 4.78. The first-order valence-corrected chi connectivity index (χ1v) is 9.49. The Labute approximate surface area is 159 Å². The normalized spacial score (nSPS) is 16.5. The molecule has 1 aromatic heterocycles. The Morgan fingerprint density at radius 1 is 1.15 bits per heavy atom. The monoisotopic (exact) mass is 369 g/mol. The number of likely N-dealkylation sites (tertiary alicyclic amines) is 1. The van der Waals surface area contributed by atoms with Crippen molar-refractivity contribution in [2.75, 3.05) is 31.9 Å². The molecule has 1 aliphatic heterocycles. The highest BCUT2D eigenvalue weighted by Gasteiger charge is 2.15. The van der Waals surface area contributed by atoms with Gasteiger partial charge in [-0.1, -0.05) is 25.0 Å². The second kappa shape index (κ2) is 9.43. The van der Waals surface area contributed by atoms with E-state index in [1.54, 1.807) is 24.4 Å². The second-order valence-electron chi connectivity index (χ2n) is 6.96. The van der Waals surface area contributed by atoms with Gasteiger partial charge < -0.3 is 21.1 Å². The molecule has 1 atom stereocenters. The molecule has 1 aromatic carbocycles. The Morgan fingerprint density at radius 3 is 2.52 bits per heavy atom. The summed E-state index contributed by atoms with van der Waals surface area (Å²) >= 11 is 0. The highest BCUT2D eigenvalue weighted by atomic mass is 16.3. The van der Waals surface area contributed by atoms with E-state index in [4.69, 9.17) is 5.73 Å². The van der Waals surface area contributed by atoms with Crippen LogP contribution in [0.2, 0.25) is 0 Å². The summed E-state index contributed by atoms with van der Waals surface area (Å²) in [7, 11) is 0. The van der Waals surface area contributed by atoms with Crippen molar-refractivity contribution in [2.45, 2.75) is 31.8 Å². The molecule has 7 heteroatoms. The molecule has 7 nitrogen and oxygen atoms in total. The van der Waals surface area contributed by atoms with Gasteiger partial charge in [0.1, 0.15) is 0 Å². The van der Waals surface area contributed by atoms with Gasteiger partial charge in [-0.3, -0.25) is 4.79 Å². The minimum absolute atomic E-state index is 0.196. The van der Waals surface area contributed by atoms with Gasteiger partial charge in [-0.2, -0.15) is 0 Å². The highest BCUT2D eigenvalue weighted by molar-refractivity contribution is 5.94. The van der Waals surface area contributed by atoms with Gasteiger partial charge in [0.25, 0.3) is 5.91 Å². The maximum absolute atomic E-state index is 12.3. The van der Waals surface area contributed by atoms with Crippen molar-refractivity contribution in [3.05, 3.63) is 42.1 Å². The summed E-state index contributed by atoms with van der Waals surface area (Å²) in [6, 6.07) is 8.90. The van der Waals surface area contributed by atoms with E-state index in [9.17, 15) is 9.90 Å². The SMILES string of the molecule is Nc1nccc(-c2ccc(C(=O)NC[C@H](O)CN3CCCCCC3)cc2)n1. The van der Waals surface area contributed by atoms with Crippen LogP contribution in [0.4, 0.5) is 5.95 Å². The smallest absolute Gasteiger partial charge is 0.251 e. The van der Waals surface area contributed by atoms with Crippen LogP contribution in [-0.2, 0) is 0 Å². The molecule has 0 aliphatic carbocycles. The van der Waals surface area contributed by atoms with Crippen LogP contribution in [0.3, 0.4) is 0 Å². The molecule has 1 fully saturated rings. The zero-order valence-electron chi connectivity index (χ0n) is 15.5. The number of benzene rings is 1. The molecule has 0 bridgehead atoms. The lowest BCUT2D eigenvalue weighted by Crippen LogP contribution is -2.40. The number of nitrogens with one attached hydrogen (secondary N) is 1. The average Bonchev–Trinajstić information content (AvgIpc) is 2.95. The molecule has 1 amide bonds. The predicted molar refractivity (Wildman–Crippen MR) is 105 cm³/mol. The molecule has 0 spiro atoms. The predicted octanol–water partition coefficient (Wildman–Crippen LogP) is 1.69. The van der Waals surface area contributed by atoms with Crippen molar-refractivity contribution in [3.63, 3.8) is 0 Å². The number of carbonyl (C=O) groups excluding carboxylic acids is 1. The van der Waals surface area contributed by atoms with E-state index in [1.165, 1.54) is 25.7 Å². The van der Waals surface area contributed by atoms with Crippen LogP contribution in [0.1, 0.15) is 36.0 Å². The quantitative estimate of drug-likeness (QED) is 0.716. The van der Waals surface area contributed by atoms with Gasteiger partial charge in [0.15, 0.2) is 0 Å². The van der Waals surface area contributed by atoms with E-state index in [0.29, 0.717) is 17.8 Å². The number of aliphatic hydroxyl groups is 1. The molecular weight excluding hydrogens is 342 g/mol. The van der Waals surface area contributed by atoms with Crippen LogP contribution in [0, 0.1) is 0 Å². The maximum Gasteiger partial charge on any atom is 0.251 e. The van der Waals surface area contributed by atoms with E-state index >= 15 is 0 Å². The number of rotatable bonds is 6. The van der Waals surface area contributed by atoms with Crippen molar-refractivity contribution in [1.29, 1.82) is 0 Å². The molecule has 2 aromatic rings. The number of nitrogens with two attached hydrogens (primary N) is 1. The Bertz CT molecular complexity index is 742. The summed E-state index contributed by atoms with van der Waals surface area (Å²) in [5, 5.41) is 13.0. The topological polar surface area (TPSA) is 104 Å². The van der Waals surface area contributed by atoms with Crippen molar-refractivity contribution in [2.24, 2.45) is 0 Å². The zero-order valence-corrected chi connectivity index (χ0v) is 15.5. The lowest BCUT2D eigenvalue weighted by atomic mass is 10.1. The number of aromatic nitrogens is 2. The fourth-order valence-corrected chi connectivity index (χ4v) is 3.32. The molecule has 27 heavy (non-hydrogen) atoms. The van der Waals surface area contributed by atoms with Gasteiger partial charge in [0, 0.05) is 30.4 Å². The Hall–Kier alpha value is -2.51. The summed E-state index contributed by atoms with van der Waals surface area (Å²) in [5.41, 5.74) is 7.72. The van der Waals surface area contributed by atoms with Gasteiger partial charge in [0.2, 0.25) is 5.95 Å². The number of aliphatic hydroxyl groups excluding tert-OH is 1. The Kier molecular flexibility index (Phi) is 6.73. The number of hydrogen-bond acceptors (Lipinski definition) is 6. The van der Waals surface area contributed by atoms with E-state index in [-0.39, 0.29) is 18.4 Å². The third-order valence-electron chi connectivity index (χ3n) is 4.78. The number of anilines is 1. The van der Waals surface area contributed by atoms with E-state index in [1.807, 2.05) is 12.1 Å². The molecule has 0 unspecified atom stereocenters. The molecule has 0 radical (unpaired) electrons. The summed E-state index contributed by atoms with van der Waals surface area (Å²) in [6.07, 6.45) is 5.94. The van der Waals surface area contributed by atoms with Gasteiger partial charge in [-0.25, -0.2) is 9.97 Å². The molecular formula is C20H27N5O2. The Morgan fingerprint density at radius 2 is 1.85 bits per heavy atom. The largest absolute Gasteiger partial charge is 0.390 e. The van der Waals surface area contributed by atoms with Gasteiger partial charge >= 0.3 is 0 Å². The van der Waals surface area contributed by atoms with Crippen molar-refractivity contribution < 1.29 is 9.90 Å². The summed E-state index contributed by atoms with van der Waals surface area (Å²) < 4.78 is 0. The lowest BCUT2D eigenvalue weighted by molar-refractivity contribution is 0.0862. The lowest BCUT2D eigenvalue weighted by Gasteiger charge is -2.23. The zero-order chi connectivity index (χ0) is 19.1. The fraction of sp³-hybridized carbons (Fsp3) is 0.450. The number of nitrogens with zero attached hydrogens (tertiary/aromatic N) is 3. The Balaban J connectivity index is 1.50. The molecule has 0 saturated carbocycles. The first-order valence-electron chi connectivity index (χ1n) is 9.49. The molecule has 1 aliphatic rings. The summed E-state index contributed by atoms with van der Waals surface area (Å²) in [4.78, 5) is 22.6. The van der Waals surface area contributed by atoms with Crippen LogP contribution < -0.4 is 11.1 Å².